The van der Waals surface area contributed by atoms with Crippen LogP contribution in [0.4, 0.5) is 4.79 Å². The van der Waals surface area contributed by atoms with Crippen LogP contribution in [-0.4, -0.2) is 68.5 Å². The summed E-state index contributed by atoms with van der Waals surface area (Å²) in [7, 11) is 0. The fourth-order valence-corrected chi connectivity index (χ4v) is 3.90. The highest BCUT2D eigenvalue weighted by Gasteiger charge is 2.31. The fraction of sp³-hybridized carbons (Fsp3) is 0.727. The van der Waals surface area contributed by atoms with E-state index in [2.05, 4.69) is 14.6 Å². The maximum atomic E-state index is 12.7. The van der Waals surface area contributed by atoms with Crippen molar-refractivity contribution >= 4 is 17.5 Å². The number of ether oxygens (including phenoxy) is 1. The molecule has 2 rings (SSSR count). The minimum Gasteiger partial charge on any atom is -0.598 e. The van der Waals surface area contributed by atoms with Crippen molar-refractivity contribution < 1.29 is 14.1 Å². The lowest BCUT2D eigenvalue weighted by molar-refractivity contribution is 0.0143. The minimum absolute atomic E-state index is 0.0884. The molecule has 0 aromatic carbocycles. The van der Waals surface area contributed by atoms with Gasteiger partial charge in [-0.05, 0) is 66.5 Å². The van der Waals surface area contributed by atoms with Crippen LogP contribution < -0.4 is 4.72 Å². The Hall–Kier alpha value is -1.35. The van der Waals surface area contributed by atoms with Gasteiger partial charge in [-0.2, -0.15) is 0 Å². The van der Waals surface area contributed by atoms with Crippen LogP contribution in [0.25, 0.3) is 0 Å². The van der Waals surface area contributed by atoms with Gasteiger partial charge in [0.15, 0.2) is 0 Å². The number of nitrogens with one attached hydrogen (secondary N) is 1. The van der Waals surface area contributed by atoms with Gasteiger partial charge in [-0.3, -0.25) is 9.88 Å². The molecule has 1 aliphatic rings. The van der Waals surface area contributed by atoms with Crippen LogP contribution in [0.2, 0.25) is 0 Å². The molecular weight excluding hydrogens is 400 g/mol. The summed E-state index contributed by atoms with van der Waals surface area (Å²) >= 11 is -1.18. The Labute approximate surface area is 184 Å². The third-order valence-corrected chi connectivity index (χ3v) is 6.47. The average Bonchev–Trinajstić information content (AvgIpc) is 2.64. The van der Waals surface area contributed by atoms with Gasteiger partial charge >= 0.3 is 6.09 Å². The Morgan fingerprint density at radius 2 is 1.83 bits per heavy atom. The number of hydrogen-bond donors (Lipinski definition) is 1. The van der Waals surface area contributed by atoms with E-state index in [-0.39, 0.29) is 16.9 Å². The molecule has 0 radical (unpaired) electrons. The Morgan fingerprint density at radius 1 is 1.20 bits per heavy atom. The number of carbonyl (C=O) groups excluding carboxylic acids is 1. The molecule has 1 aromatic heterocycles. The third kappa shape index (κ3) is 8.06. The molecule has 1 fully saturated rings. The Bertz CT molecular complexity index is 677. The van der Waals surface area contributed by atoms with E-state index < -0.39 is 17.0 Å². The molecule has 2 heterocycles. The highest BCUT2D eigenvalue weighted by Crippen LogP contribution is 2.22. The first-order chi connectivity index (χ1) is 13.8. The lowest BCUT2D eigenvalue weighted by Crippen LogP contribution is -2.50. The number of amides is 1. The second-order valence-electron chi connectivity index (χ2n) is 9.91. The Balaban J connectivity index is 1.92. The summed E-state index contributed by atoms with van der Waals surface area (Å²) in [4.78, 5) is 20.9. The van der Waals surface area contributed by atoms with Gasteiger partial charge < -0.3 is 14.2 Å². The molecule has 0 bridgehead atoms. The smallest absolute Gasteiger partial charge is 0.410 e. The summed E-state index contributed by atoms with van der Waals surface area (Å²) < 4.78 is 21.1. The van der Waals surface area contributed by atoms with Gasteiger partial charge in [0, 0.05) is 50.3 Å². The van der Waals surface area contributed by atoms with Crippen LogP contribution in [0, 0.1) is 6.92 Å². The number of nitrogens with zero attached hydrogens (tertiary/aromatic N) is 3. The van der Waals surface area contributed by atoms with Crippen LogP contribution in [0.3, 0.4) is 0 Å². The van der Waals surface area contributed by atoms with E-state index in [1.807, 2.05) is 66.8 Å². The molecule has 2 atom stereocenters. The molecule has 0 saturated carbocycles. The van der Waals surface area contributed by atoms with E-state index >= 15 is 0 Å². The first kappa shape index (κ1) is 24.9. The van der Waals surface area contributed by atoms with E-state index in [4.69, 9.17) is 4.74 Å². The van der Waals surface area contributed by atoms with Crippen molar-refractivity contribution in [3.63, 3.8) is 0 Å². The normalized spacial score (nSPS) is 18.2. The number of carbonyl (C=O) groups is 1. The zero-order valence-corrected chi connectivity index (χ0v) is 20.3. The van der Waals surface area contributed by atoms with Gasteiger partial charge in [0.05, 0.1) is 11.7 Å². The largest absolute Gasteiger partial charge is 0.598 e. The molecule has 8 heteroatoms. The summed E-state index contributed by atoms with van der Waals surface area (Å²) in [5, 5.41) is 0. The van der Waals surface area contributed by atoms with Crippen molar-refractivity contribution in [1.82, 2.24) is 19.5 Å². The highest BCUT2D eigenvalue weighted by atomic mass is 32.2. The SMILES string of the molecule is Cc1ccc(C(CCN2CCN(C(=O)OC(C)(C)C)CC2)N[S+]([O-])C(C)(C)C)nc1. The van der Waals surface area contributed by atoms with Gasteiger partial charge in [0.1, 0.15) is 10.3 Å². The monoisotopic (exact) mass is 438 g/mol. The Kier molecular flexibility index (Phi) is 8.56. The fourth-order valence-electron chi connectivity index (χ4n) is 3.05. The zero-order chi connectivity index (χ0) is 22.5. The first-order valence-corrected chi connectivity index (χ1v) is 11.8. The minimum atomic E-state index is -1.18. The summed E-state index contributed by atoms with van der Waals surface area (Å²) in [6.07, 6.45) is 2.40. The van der Waals surface area contributed by atoms with Gasteiger partial charge in [0.2, 0.25) is 0 Å². The number of rotatable bonds is 6. The molecule has 1 saturated heterocycles. The van der Waals surface area contributed by atoms with E-state index in [0.717, 1.165) is 37.3 Å². The van der Waals surface area contributed by atoms with Gasteiger partial charge in [-0.15, -0.1) is 4.72 Å². The molecule has 170 valence electrons. The van der Waals surface area contributed by atoms with Crippen LogP contribution >= 0.6 is 0 Å². The van der Waals surface area contributed by atoms with Crippen LogP contribution in [0.1, 0.15) is 65.3 Å². The number of pyridine rings is 1. The van der Waals surface area contributed by atoms with Crippen LogP contribution in [0.15, 0.2) is 18.3 Å². The summed E-state index contributed by atoms with van der Waals surface area (Å²) in [5.74, 6) is 0. The topological polar surface area (TPSA) is 80.8 Å². The standard InChI is InChI=1S/C22H38N4O3S/c1-17-8-9-18(23-16-17)19(24-30(28)22(5,6)7)10-11-25-12-14-26(15-13-25)20(27)29-21(2,3)4/h8-9,16,19,24H,10-15H2,1-7H3. The highest BCUT2D eigenvalue weighted by molar-refractivity contribution is 7.90. The van der Waals surface area contributed by atoms with Crippen molar-refractivity contribution in [3.8, 4) is 0 Å². The van der Waals surface area contributed by atoms with Crippen LogP contribution in [0.5, 0.6) is 0 Å². The molecule has 7 nitrogen and oxygen atoms in total. The average molecular weight is 439 g/mol. The summed E-state index contributed by atoms with van der Waals surface area (Å²) in [6.45, 7) is 17.3. The molecule has 1 amide bonds. The molecule has 0 aliphatic carbocycles. The first-order valence-electron chi connectivity index (χ1n) is 10.7. The number of aromatic nitrogens is 1. The zero-order valence-electron chi connectivity index (χ0n) is 19.5. The van der Waals surface area contributed by atoms with E-state index in [1.165, 1.54) is 0 Å². The van der Waals surface area contributed by atoms with Crippen molar-refractivity contribution in [2.45, 2.75) is 71.3 Å². The molecular formula is C22H38N4O3S. The predicted molar refractivity (Wildman–Crippen MR) is 122 cm³/mol. The number of hydrogen-bond acceptors (Lipinski definition) is 6. The number of aryl methyl sites for hydroxylation is 1. The predicted octanol–water partition coefficient (Wildman–Crippen LogP) is 3.43. The molecule has 2 unspecified atom stereocenters. The van der Waals surface area contributed by atoms with Crippen LogP contribution in [-0.2, 0) is 16.1 Å². The van der Waals surface area contributed by atoms with Gasteiger partial charge in [0.25, 0.3) is 0 Å². The molecule has 1 N–H and O–H groups in total. The molecule has 1 aliphatic heterocycles. The number of piperazine rings is 1. The quantitative estimate of drug-likeness (QED) is 0.686. The molecule has 1 aromatic rings. The van der Waals surface area contributed by atoms with Crippen molar-refractivity contribution in [2.24, 2.45) is 0 Å². The van der Waals surface area contributed by atoms with E-state index in [9.17, 15) is 9.35 Å². The van der Waals surface area contributed by atoms with E-state index in [0.29, 0.717) is 13.1 Å². The second-order valence-corrected chi connectivity index (χ2v) is 11.9. The maximum absolute atomic E-state index is 12.7. The van der Waals surface area contributed by atoms with Crippen molar-refractivity contribution in [2.75, 3.05) is 32.7 Å². The lowest BCUT2D eigenvalue weighted by atomic mass is 10.1. The van der Waals surface area contributed by atoms with Crippen molar-refractivity contribution in [3.05, 3.63) is 29.6 Å². The molecule has 0 spiro atoms. The second kappa shape index (κ2) is 10.3. The summed E-state index contributed by atoms with van der Waals surface area (Å²) in [6, 6.07) is 3.96. The summed E-state index contributed by atoms with van der Waals surface area (Å²) in [5.41, 5.74) is 1.54. The van der Waals surface area contributed by atoms with Gasteiger partial charge in [-0.1, -0.05) is 6.07 Å². The van der Waals surface area contributed by atoms with Crippen molar-refractivity contribution in [1.29, 1.82) is 0 Å². The maximum Gasteiger partial charge on any atom is 0.410 e. The Morgan fingerprint density at radius 3 is 2.33 bits per heavy atom. The van der Waals surface area contributed by atoms with E-state index in [1.54, 1.807) is 4.90 Å². The van der Waals surface area contributed by atoms with Gasteiger partial charge in [-0.25, -0.2) is 4.79 Å². The molecule has 30 heavy (non-hydrogen) atoms. The lowest BCUT2D eigenvalue weighted by Gasteiger charge is -2.36. The third-order valence-electron chi connectivity index (χ3n) is 4.85.